The van der Waals surface area contributed by atoms with Gasteiger partial charge in [0.15, 0.2) is 0 Å². The van der Waals surface area contributed by atoms with Crippen LogP contribution in [-0.2, 0) is 4.79 Å². The Bertz CT molecular complexity index is 841. The van der Waals surface area contributed by atoms with Gasteiger partial charge in [0.2, 0.25) is 0 Å². The average Bonchev–Trinajstić information content (AvgIpc) is 2.92. The Labute approximate surface area is 147 Å². The number of hydrogen-bond donors (Lipinski definition) is 2. The maximum Gasteiger partial charge on any atom is 0.257 e. The normalized spacial score (nSPS) is 14.4. The smallest absolute Gasteiger partial charge is 0.257 e. The second kappa shape index (κ2) is 6.97. The molecule has 1 aliphatic rings. The van der Waals surface area contributed by atoms with E-state index in [2.05, 4.69) is 10.6 Å². The number of nitrogens with one attached hydrogen (secondary N) is 2. The first-order valence-corrected chi connectivity index (χ1v) is 8.47. The van der Waals surface area contributed by atoms with Crippen LogP contribution in [0, 0.1) is 12.7 Å². The Morgan fingerprint density at radius 1 is 1.20 bits per heavy atom. The number of benzene rings is 2. The summed E-state index contributed by atoms with van der Waals surface area (Å²) in [6.07, 6.45) is 1.64. The molecular weight excluding hydrogens is 317 g/mol. The topological polar surface area (TPSA) is 44.4 Å². The molecule has 1 amide bonds. The summed E-state index contributed by atoms with van der Waals surface area (Å²) in [5.74, 6) is -0.434. The van der Waals surface area contributed by atoms with Crippen molar-refractivity contribution < 1.29 is 9.18 Å². The van der Waals surface area contributed by atoms with Crippen molar-refractivity contribution in [2.75, 3.05) is 28.6 Å². The molecule has 1 aliphatic heterocycles. The number of nitrogens with zero attached hydrogens (tertiary/aromatic N) is 1. The minimum Gasteiger partial charge on any atom is -0.370 e. The van der Waals surface area contributed by atoms with Crippen LogP contribution in [0.4, 0.5) is 21.5 Å². The predicted octanol–water partition coefficient (Wildman–Crippen LogP) is 4.39. The van der Waals surface area contributed by atoms with Crippen LogP contribution in [0.2, 0.25) is 0 Å². The van der Waals surface area contributed by atoms with Gasteiger partial charge in [-0.2, -0.15) is 0 Å². The third-order valence-corrected chi connectivity index (χ3v) is 4.47. The molecule has 0 aliphatic carbocycles. The summed E-state index contributed by atoms with van der Waals surface area (Å²) < 4.78 is 14.4. The molecule has 2 aromatic rings. The summed E-state index contributed by atoms with van der Waals surface area (Å²) in [6, 6.07) is 10.8. The van der Waals surface area contributed by atoms with Gasteiger partial charge in [0, 0.05) is 36.2 Å². The Kier molecular flexibility index (Phi) is 4.74. The summed E-state index contributed by atoms with van der Waals surface area (Å²) in [5.41, 5.74) is 4.47. The van der Waals surface area contributed by atoms with Gasteiger partial charge in [-0.1, -0.05) is 12.1 Å². The number of aryl methyl sites for hydroxylation is 1. The summed E-state index contributed by atoms with van der Waals surface area (Å²) >= 11 is 0. The van der Waals surface area contributed by atoms with Crippen LogP contribution in [0.3, 0.4) is 0 Å². The van der Waals surface area contributed by atoms with E-state index < -0.39 is 0 Å². The maximum atomic E-state index is 14.4. The average molecular weight is 339 g/mol. The third-order valence-electron chi connectivity index (χ3n) is 4.47. The van der Waals surface area contributed by atoms with Gasteiger partial charge in [0.25, 0.3) is 5.91 Å². The molecule has 0 atom stereocenters. The second-order valence-electron chi connectivity index (χ2n) is 5.99. The number of rotatable bonds is 5. The number of anilines is 3. The molecular formula is C20H22FN3O. The number of fused-ring (bicyclic) bond motifs is 1. The van der Waals surface area contributed by atoms with Crippen molar-refractivity contribution in [2.45, 2.75) is 20.8 Å². The highest BCUT2D eigenvalue weighted by Gasteiger charge is 2.25. The number of amides is 1. The van der Waals surface area contributed by atoms with Crippen molar-refractivity contribution in [3.05, 3.63) is 59.5 Å². The zero-order valence-corrected chi connectivity index (χ0v) is 14.7. The minimum absolute atomic E-state index is 0.156. The number of halogens is 1. The van der Waals surface area contributed by atoms with Crippen molar-refractivity contribution in [1.29, 1.82) is 0 Å². The zero-order valence-electron chi connectivity index (χ0n) is 14.7. The molecule has 1 heterocycles. The number of carbonyl (C=O) groups excluding carboxylic acids is 1. The SMILES string of the molecule is CCN(CC)c1ccc(N/C=C2/C(=O)Nc3cccc(C)c32)cc1F. The molecule has 2 N–H and O–H groups in total. The van der Waals surface area contributed by atoms with Gasteiger partial charge in [-0.05, 0) is 50.6 Å². The van der Waals surface area contributed by atoms with Crippen LogP contribution in [0.1, 0.15) is 25.0 Å². The van der Waals surface area contributed by atoms with E-state index in [0.717, 1.165) is 29.9 Å². The first-order valence-electron chi connectivity index (χ1n) is 8.47. The molecule has 0 unspecified atom stereocenters. The monoisotopic (exact) mass is 339 g/mol. The van der Waals surface area contributed by atoms with Crippen molar-refractivity contribution in [3.8, 4) is 0 Å². The first-order chi connectivity index (χ1) is 12.0. The molecule has 0 radical (unpaired) electrons. The van der Waals surface area contributed by atoms with E-state index in [1.165, 1.54) is 6.07 Å². The quantitative estimate of drug-likeness (QED) is 0.794. The fourth-order valence-corrected chi connectivity index (χ4v) is 3.14. The third kappa shape index (κ3) is 3.22. The van der Waals surface area contributed by atoms with Crippen LogP contribution in [-0.4, -0.2) is 19.0 Å². The largest absolute Gasteiger partial charge is 0.370 e. The molecule has 0 bridgehead atoms. The zero-order chi connectivity index (χ0) is 18.0. The van der Waals surface area contributed by atoms with Crippen LogP contribution >= 0.6 is 0 Å². The highest BCUT2D eigenvalue weighted by molar-refractivity contribution is 6.32. The fourth-order valence-electron chi connectivity index (χ4n) is 3.14. The summed E-state index contributed by atoms with van der Waals surface area (Å²) in [4.78, 5) is 14.2. The molecule has 0 fully saturated rings. The van der Waals surface area contributed by atoms with Crippen molar-refractivity contribution >= 4 is 28.5 Å². The van der Waals surface area contributed by atoms with Crippen LogP contribution < -0.4 is 15.5 Å². The predicted molar refractivity (Wildman–Crippen MR) is 101 cm³/mol. The van der Waals surface area contributed by atoms with E-state index in [9.17, 15) is 9.18 Å². The van der Waals surface area contributed by atoms with E-state index in [0.29, 0.717) is 16.9 Å². The first kappa shape index (κ1) is 17.0. The van der Waals surface area contributed by atoms with E-state index >= 15 is 0 Å². The van der Waals surface area contributed by atoms with Gasteiger partial charge in [0.1, 0.15) is 5.82 Å². The molecule has 3 rings (SSSR count). The van der Waals surface area contributed by atoms with Crippen LogP contribution in [0.5, 0.6) is 0 Å². The van der Waals surface area contributed by atoms with E-state index in [-0.39, 0.29) is 11.7 Å². The van der Waals surface area contributed by atoms with Crippen molar-refractivity contribution in [3.63, 3.8) is 0 Å². The standard InChI is InChI=1S/C20H22FN3O/c1-4-24(5-2)18-10-9-14(11-16(18)21)22-12-15-19-13(3)7-6-8-17(19)23-20(15)25/h6-12,22H,4-5H2,1-3H3,(H,23,25)/b15-12+. The maximum absolute atomic E-state index is 14.4. The number of hydrogen-bond acceptors (Lipinski definition) is 3. The highest BCUT2D eigenvalue weighted by Crippen LogP contribution is 2.34. The van der Waals surface area contributed by atoms with E-state index in [4.69, 9.17) is 0 Å². The van der Waals surface area contributed by atoms with Crippen molar-refractivity contribution in [1.82, 2.24) is 0 Å². The lowest BCUT2D eigenvalue weighted by Crippen LogP contribution is -2.22. The van der Waals surface area contributed by atoms with Gasteiger partial charge in [-0.25, -0.2) is 4.39 Å². The van der Waals surface area contributed by atoms with Gasteiger partial charge in [-0.15, -0.1) is 0 Å². The van der Waals surface area contributed by atoms with Gasteiger partial charge >= 0.3 is 0 Å². The van der Waals surface area contributed by atoms with Crippen LogP contribution in [0.25, 0.3) is 5.57 Å². The Morgan fingerprint density at radius 2 is 1.96 bits per heavy atom. The Balaban J connectivity index is 1.86. The summed E-state index contributed by atoms with van der Waals surface area (Å²) in [5, 5.41) is 5.89. The second-order valence-corrected chi connectivity index (χ2v) is 5.99. The van der Waals surface area contributed by atoms with E-state index in [1.54, 1.807) is 12.3 Å². The number of carbonyl (C=O) groups is 1. The lowest BCUT2D eigenvalue weighted by Gasteiger charge is -2.21. The van der Waals surface area contributed by atoms with Crippen LogP contribution in [0.15, 0.2) is 42.6 Å². The minimum atomic E-state index is -0.278. The van der Waals surface area contributed by atoms with E-state index in [1.807, 2.05) is 49.9 Å². The molecule has 5 heteroatoms. The van der Waals surface area contributed by atoms with Gasteiger partial charge < -0.3 is 15.5 Å². The summed E-state index contributed by atoms with van der Waals surface area (Å²) in [7, 11) is 0. The molecule has 0 aromatic heterocycles. The molecule has 0 saturated carbocycles. The Morgan fingerprint density at radius 3 is 2.64 bits per heavy atom. The molecule has 0 saturated heterocycles. The summed E-state index contributed by atoms with van der Waals surface area (Å²) in [6.45, 7) is 7.46. The highest BCUT2D eigenvalue weighted by atomic mass is 19.1. The van der Waals surface area contributed by atoms with Crippen molar-refractivity contribution in [2.24, 2.45) is 0 Å². The fraction of sp³-hybridized carbons (Fsp3) is 0.250. The molecule has 2 aromatic carbocycles. The molecule has 4 nitrogen and oxygen atoms in total. The lowest BCUT2D eigenvalue weighted by atomic mass is 10.0. The van der Waals surface area contributed by atoms with Gasteiger partial charge in [-0.3, -0.25) is 4.79 Å². The Hall–Kier alpha value is -2.82. The molecule has 25 heavy (non-hydrogen) atoms. The van der Waals surface area contributed by atoms with Gasteiger partial charge in [0.05, 0.1) is 11.3 Å². The molecule has 0 spiro atoms. The molecule has 130 valence electrons. The lowest BCUT2D eigenvalue weighted by molar-refractivity contribution is -0.110.